The molecule has 0 saturated carbocycles. The number of nitrogens with two attached hydrogens (primary N) is 1. The summed E-state index contributed by atoms with van der Waals surface area (Å²) in [5, 5.41) is 0. The van der Waals surface area contributed by atoms with Crippen molar-refractivity contribution < 1.29 is 14.3 Å². The van der Waals surface area contributed by atoms with Gasteiger partial charge in [0, 0.05) is 30.1 Å². The number of ether oxygens (including phenoxy) is 2. The quantitative estimate of drug-likeness (QED) is 0.365. The van der Waals surface area contributed by atoms with Crippen LogP contribution in [0.5, 0.6) is 0 Å². The Morgan fingerprint density at radius 3 is 2.82 bits per heavy atom. The second kappa shape index (κ2) is 7.19. The first-order chi connectivity index (χ1) is 8.19. The predicted octanol–water partition coefficient (Wildman–Crippen LogP) is 2.18. The molecule has 5 heteroatoms. The predicted molar refractivity (Wildman–Crippen MR) is 69.4 cm³/mol. The first-order valence-electron chi connectivity index (χ1n) is 5.28. The van der Waals surface area contributed by atoms with Crippen LogP contribution in [0.15, 0.2) is 23.1 Å². The van der Waals surface area contributed by atoms with Crippen LogP contribution in [0.3, 0.4) is 0 Å². The van der Waals surface area contributed by atoms with Crippen LogP contribution in [-0.2, 0) is 9.47 Å². The number of rotatable bonds is 6. The van der Waals surface area contributed by atoms with Crippen molar-refractivity contribution in [2.24, 2.45) is 0 Å². The number of esters is 1. The summed E-state index contributed by atoms with van der Waals surface area (Å²) in [6.07, 6.45) is 0.971. The highest BCUT2D eigenvalue weighted by Crippen LogP contribution is 2.24. The fraction of sp³-hybridized carbons (Fsp3) is 0.417. The van der Waals surface area contributed by atoms with Gasteiger partial charge in [-0.15, -0.1) is 11.8 Å². The molecule has 0 aliphatic heterocycles. The Bertz CT molecular complexity index is 382. The van der Waals surface area contributed by atoms with E-state index in [1.807, 2.05) is 6.07 Å². The molecule has 1 aromatic rings. The van der Waals surface area contributed by atoms with E-state index >= 15 is 0 Å². The molecule has 2 N–H and O–H groups in total. The van der Waals surface area contributed by atoms with E-state index in [0.717, 1.165) is 23.7 Å². The molecule has 0 saturated heterocycles. The summed E-state index contributed by atoms with van der Waals surface area (Å²) in [4.78, 5) is 12.4. The molecule has 0 fully saturated rings. The summed E-state index contributed by atoms with van der Waals surface area (Å²) in [7, 11) is 3.03. The third kappa shape index (κ3) is 4.28. The van der Waals surface area contributed by atoms with Crippen LogP contribution < -0.4 is 5.73 Å². The van der Waals surface area contributed by atoms with Gasteiger partial charge < -0.3 is 15.2 Å². The topological polar surface area (TPSA) is 61.5 Å². The summed E-state index contributed by atoms with van der Waals surface area (Å²) in [5.41, 5.74) is 6.58. The number of benzene rings is 1. The molecule has 0 spiro atoms. The van der Waals surface area contributed by atoms with E-state index in [0.29, 0.717) is 11.3 Å². The summed E-state index contributed by atoms with van der Waals surface area (Å²) in [6, 6.07) is 5.39. The van der Waals surface area contributed by atoms with Crippen LogP contribution in [0.1, 0.15) is 16.8 Å². The number of thioether (sulfide) groups is 1. The van der Waals surface area contributed by atoms with E-state index in [1.54, 1.807) is 31.0 Å². The normalized spacial score (nSPS) is 10.2. The number of hydrogen-bond acceptors (Lipinski definition) is 5. The van der Waals surface area contributed by atoms with E-state index in [9.17, 15) is 4.79 Å². The van der Waals surface area contributed by atoms with Crippen molar-refractivity contribution >= 4 is 23.4 Å². The number of carbonyl (C=O) groups excluding carboxylic acids is 1. The molecule has 0 radical (unpaired) electrons. The molecule has 0 heterocycles. The zero-order chi connectivity index (χ0) is 12.7. The first kappa shape index (κ1) is 13.9. The van der Waals surface area contributed by atoms with Crippen LogP contribution >= 0.6 is 11.8 Å². The van der Waals surface area contributed by atoms with Gasteiger partial charge >= 0.3 is 5.97 Å². The highest BCUT2D eigenvalue weighted by atomic mass is 32.2. The van der Waals surface area contributed by atoms with Crippen LogP contribution in [0.25, 0.3) is 0 Å². The Hall–Kier alpha value is -1.20. The molecule has 0 aliphatic carbocycles. The van der Waals surface area contributed by atoms with Crippen LogP contribution in [0.4, 0.5) is 5.69 Å². The van der Waals surface area contributed by atoms with Gasteiger partial charge in [-0.25, -0.2) is 4.79 Å². The molecular formula is C12H17NO3S. The van der Waals surface area contributed by atoms with E-state index in [1.165, 1.54) is 7.11 Å². The molecule has 1 rings (SSSR count). The molecule has 0 unspecified atom stereocenters. The standard InChI is InChI=1S/C12H17NO3S/c1-15-6-3-7-17-9-4-5-11(13)10(8-9)12(14)16-2/h4-5,8H,3,6-7,13H2,1-2H3. The van der Waals surface area contributed by atoms with Gasteiger partial charge in [-0.05, 0) is 24.6 Å². The Labute approximate surface area is 105 Å². The van der Waals surface area contributed by atoms with E-state index < -0.39 is 5.97 Å². The average molecular weight is 255 g/mol. The van der Waals surface area contributed by atoms with Crippen LogP contribution in [0.2, 0.25) is 0 Å². The van der Waals surface area contributed by atoms with Gasteiger partial charge in [0.1, 0.15) is 0 Å². The number of carbonyl (C=O) groups is 1. The largest absolute Gasteiger partial charge is 0.465 e. The van der Waals surface area contributed by atoms with Gasteiger partial charge in [0.25, 0.3) is 0 Å². The number of hydrogen-bond donors (Lipinski definition) is 1. The number of methoxy groups -OCH3 is 2. The van der Waals surface area contributed by atoms with E-state index in [4.69, 9.17) is 10.5 Å². The lowest BCUT2D eigenvalue weighted by atomic mass is 10.2. The van der Waals surface area contributed by atoms with Crippen molar-refractivity contribution in [3.05, 3.63) is 23.8 Å². The van der Waals surface area contributed by atoms with E-state index in [-0.39, 0.29) is 0 Å². The molecule has 0 amide bonds. The van der Waals surface area contributed by atoms with Crippen LogP contribution in [0, 0.1) is 0 Å². The number of nitrogen functional groups attached to an aromatic ring is 1. The highest BCUT2D eigenvalue weighted by molar-refractivity contribution is 7.99. The summed E-state index contributed by atoms with van der Waals surface area (Å²) >= 11 is 1.67. The van der Waals surface area contributed by atoms with Crippen molar-refractivity contribution in [3.63, 3.8) is 0 Å². The highest BCUT2D eigenvalue weighted by Gasteiger charge is 2.10. The first-order valence-corrected chi connectivity index (χ1v) is 6.27. The maximum atomic E-state index is 11.4. The fourth-order valence-electron chi connectivity index (χ4n) is 1.31. The second-order valence-electron chi connectivity index (χ2n) is 3.44. The molecule has 4 nitrogen and oxygen atoms in total. The third-order valence-corrected chi connectivity index (χ3v) is 3.27. The van der Waals surface area contributed by atoms with Gasteiger partial charge in [0.2, 0.25) is 0 Å². The minimum Gasteiger partial charge on any atom is -0.465 e. The lowest BCUT2D eigenvalue weighted by molar-refractivity contribution is 0.0601. The SMILES string of the molecule is COCCCSc1ccc(N)c(C(=O)OC)c1. The molecule has 0 bridgehead atoms. The van der Waals surface area contributed by atoms with Gasteiger partial charge in [-0.2, -0.15) is 0 Å². The molecule has 0 atom stereocenters. The van der Waals surface area contributed by atoms with Gasteiger partial charge in [0.05, 0.1) is 12.7 Å². The summed E-state index contributed by atoms with van der Waals surface area (Å²) in [6.45, 7) is 0.742. The summed E-state index contributed by atoms with van der Waals surface area (Å²) < 4.78 is 9.64. The maximum Gasteiger partial charge on any atom is 0.339 e. The maximum absolute atomic E-state index is 11.4. The Morgan fingerprint density at radius 2 is 2.18 bits per heavy atom. The van der Waals surface area contributed by atoms with Crippen molar-refractivity contribution in [1.82, 2.24) is 0 Å². The zero-order valence-corrected chi connectivity index (χ0v) is 10.9. The van der Waals surface area contributed by atoms with Crippen molar-refractivity contribution in [1.29, 1.82) is 0 Å². The second-order valence-corrected chi connectivity index (χ2v) is 4.60. The number of anilines is 1. The molecule has 94 valence electrons. The van der Waals surface area contributed by atoms with Gasteiger partial charge in [0.15, 0.2) is 0 Å². The van der Waals surface area contributed by atoms with Crippen molar-refractivity contribution in [2.75, 3.05) is 32.3 Å². The van der Waals surface area contributed by atoms with Crippen molar-refractivity contribution in [2.45, 2.75) is 11.3 Å². The summed E-state index contributed by atoms with van der Waals surface area (Å²) in [5.74, 6) is 0.542. The van der Waals surface area contributed by atoms with Gasteiger partial charge in [-0.1, -0.05) is 0 Å². The molecule has 0 aliphatic rings. The lowest BCUT2D eigenvalue weighted by Gasteiger charge is -2.06. The average Bonchev–Trinajstić information content (AvgIpc) is 2.35. The molecule has 17 heavy (non-hydrogen) atoms. The molecular weight excluding hydrogens is 238 g/mol. The minimum atomic E-state index is -0.401. The third-order valence-electron chi connectivity index (χ3n) is 2.19. The van der Waals surface area contributed by atoms with E-state index in [2.05, 4.69) is 4.74 Å². The lowest BCUT2D eigenvalue weighted by Crippen LogP contribution is -2.05. The Balaban J connectivity index is 2.65. The van der Waals surface area contributed by atoms with Gasteiger partial charge in [-0.3, -0.25) is 0 Å². The Morgan fingerprint density at radius 1 is 1.41 bits per heavy atom. The molecule has 0 aromatic heterocycles. The monoisotopic (exact) mass is 255 g/mol. The van der Waals surface area contributed by atoms with Crippen molar-refractivity contribution in [3.8, 4) is 0 Å². The van der Waals surface area contributed by atoms with Crippen LogP contribution in [-0.4, -0.2) is 32.5 Å². The minimum absolute atomic E-state index is 0.401. The zero-order valence-electron chi connectivity index (χ0n) is 10.1. The Kier molecular flexibility index (Phi) is 5.86. The smallest absolute Gasteiger partial charge is 0.339 e. The molecule has 1 aromatic carbocycles. The fourth-order valence-corrected chi connectivity index (χ4v) is 2.17.